The molecule has 0 bridgehead atoms. The number of amides is 2. The monoisotopic (exact) mass is 427 g/mol. The van der Waals surface area contributed by atoms with Gasteiger partial charge < -0.3 is 19.5 Å². The van der Waals surface area contributed by atoms with Crippen LogP contribution in [0.2, 0.25) is 0 Å². The van der Waals surface area contributed by atoms with Crippen molar-refractivity contribution in [2.75, 3.05) is 25.6 Å². The molecular weight excluding hydrogens is 398 g/mol. The average molecular weight is 428 g/mol. The van der Waals surface area contributed by atoms with Crippen molar-refractivity contribution >= 4 is 23.7 Å². The van der Waals surface area contributed by atoms with E-state index in [1.54, 1.807) is 37.4 Å². The molecule has 0 unspecified atom stereocenters. The van der Waals surface area contributed by atoms with Crippen LogP contribution in [0, 0.1) is 0 Å². The molecule has 0 radical (unpaired) electrons. The second kappa shape index (κ2) is 12.9. The quantitative estimate of drug-likeness (QED) is 0.233. The summed E-state index contributed by atoms with van der Waals surface area (Å²) in [5, 5.41) is 6.56. The number of carbonyl (C=O) groups is 2. The minimum atomic E-state index is -0.521. The highest BCUT2D eigenvalue weighted by Crippen LogP contribution is 2.28. The number of nitrogens with one attached hydrogen (secondary N) is 2. The normalized spacial score (nSPS) is 10.5. The third kappa shape index (κ3) is 8.38. The Morgan fingerprint density at radius 2 is 1.77 bits per heavy atom. The molecule has 31 heavy (non-hydrogen) atoms. The Hall–Kier alpha value is -3.55. The maximum atomic E-state index is 12.0. The van der Waals surface area contributed by atoms with E-state index in [0.29, 0.717) is 36.1 Å². The van der Waals surface area contributed by atoms with Crippen molar-refractivity contribution < 1.29 is 23.8 Å². The zero-order chi connectivity index (χ0) is 22.5. The van der Waals surface area contributed by atoms with Crippen LogP contribution in [0.15, 0.2) is 47.6 Å². The summed E-state index contributed by atoms with van der Waals surface area (Å²) < 4.78 is 16.4. The van der Waals surface area contributed by atoms with E-state index < -0.39 is 11.8 Å². The second-order valence-corrected chi connectivity index (χ2v) is 6.59. The molecule has 166 valence electrons. The Bertz CT molecular complexity index is 881. The van der Waals surface area contributed by atoms with Crippen LogP contribution < -0.4 is 25.0 Å². The lowest BCUT2D eigenvalue weighted by molar-refractivity contribution is -0.126. The van der Waals surface area contributed by atoms with Crippen molar-refractivity contribution in [3.63, 3.8) is 0 Å². The van der Waals surface area contributed by atoms with Gasteiger partial charge in [0.05, 0.1) is 26.5 Å². The van der Waals surface area contributed by atoms with Gasteiger partial charge in [0, 0.05) is 5.69 Å². The number of methoxy groups -OCH3 is 1. The van der Waals surface area contributed by atoms with Crippen molar-refractivity contribution in [1.82, 2.24) is 5.43 Å². The molecule has 0 saturated heterocycles. The van der Waals surface area contributed by atoms with E-state index in [-0.39, 0.29) is 6.42 Å². The van der Waals surface area contributed by atoms with Crippen LogP contribution in [0.3, 0.4) is 0 Å². The first-order valence-electron chi connectivity index (χ1n) is 10.2. The number of ether oxygens (including phenoxy) is 3. The first-order chi connectivity index (χ1) is 15.0. The molecule has 0 atom stereocenters. The molecule has 0 aliphatic carbocycles. The van der Waals surface area contributed by atoms with Gasteiger partial charge in [-0.2, -0.15) is 5.10 Å². The molecule has 0 aliphatic heterocycles. The predicted octanol–water partition coefficient (Wildman–Crippen LogP) is 3.75. The molecule has 8 heteroatoms. The molecule has 0 aromatic heterocycles. The van der Waals surface area contributed by atoms with E-state index in [0.717, 1.165) is 18.4 Å². The van der Waals surface area contributed by atoms with Crippen LogP contribution in [0.25, 0.3) is 0 Å². The van der Waals surface area contributed by atoms with E-state index >= 15 is 0 Å². The van der Waals surface area contributed by atoms with E-state index in [9.17, 15) is 9.59 Å². The molecule has 0 aliphatic rings. The van der Waals surface area contributed by atoms with Crippen LogP contribution in [0.4, 0.5) is 5.69 Å². The molecular formula is C23H29N3O5. The van der Waals surface area contributed by atoms with Crippen molar-refractivity contribution in [1.29, 1.82) is 0 Å². The second-order valence-electron chi connectivity index (χ2n) is 6.59. The number of unbranched alkanes of at least 4 members (excludes halogenated alkanes) is 1. The third-order valence-corrected chi connectivity index (χ3v) is 4.12. The zero-order valence-corrected chi connectivity index (χ0v) is 18.1. The number of nitrogens with zero attached hydrogens (tertiary/aromatic N) is 1. The molecule has 2 rings (SSSR count). The fourth-order valence-electron chi connectivity index (χ4n) is 2.56. The number of hydrazone groups is 1. The smallest absolute Gasteiger partial charge is 0.249 e. The summed E-state index contributed by atoms with van der Waals surface area (Å²) >= 11 is 0. The molecule has 0 spiro atoms. The Balaban J connectivity index is 1.86. The van der Waals surface area contributed by atoms with Crippen LogP contribution in [-0.4, -0.2) is 38.4 Å². The van der Waals surface area contributed by atoms with Crippen molar-refractivity contribution in [2.24, 2.45) is 5.10 Å². The molecule has 2 aromatic rings. The number of anilines is 1. The highest BCUT2D eigenvalue weighted by atomic mass is 16.5. The lowest BCUT2D eigenvalue weighted by Crippen LogP contribution is -2.24. The zero-order valence-electron chi connectivity index (χ0n) is 18.1. The topological polar surface area (TPSA) is 98.2 Å². The maximum Gasteiger partial charge on any atom is 0.249 e. The Morgan fingerprint density at radius 3 is 2.45 bits per heavy atom. The first kappa shape index (κ1) is 23.7. The molecule has 0 heterocycles. The summed E-state index contributed by atoms with van der Waals surface area (Å²) in [7, 11) is 1.56. The summed E-state index contributed by atoms with van der Waals surface area (Å²) in [6, 6.07) is 12.2. The van der Waals surface area contributed by atoms with Gasteiger partial charge in [-0.25, -0.2) is 5.43 Å². The summed E-state index contributed by atoms with van der Waals surface area (Å²) in [6.07, 6.45) is 3.15. The van der Waals surface area contributed by atoms with Gasteiger partial charge in [-0.15, -0.1) is 0 Å². The maximum absolute atomic E-state index is 12.0. The fourth-order valence-corrected chi connectivity index (χ4v) is 2.56. The number of rotatable bonds is 12. The SMILES string of the molecule is CCCCOc1ccc(C=NNC(=O)CC(=O)Nc2ccc(OC)cc2)cc1OCC. The van der Waals surface area contributed by atoms with Crippen molar-refractivity contribution in [3.05, 3.63) is 48.0 Å². The number of benzene rings is 2. The molecule has 0 fully saturated rings. The van der Waals surface area contributed by atoms with Crippen LogP contribution in [-0.2, 0) is 9.59 Å². The van der Waals surface area contributed by atoms with Gasteiger partial charge in [-0.3, -0.25) is 9.59 Å². The van der Waals surface area contributed by atoms with Gasteiger partial charge in [-0.05, 0) is 61.4 Å². The van der Waals surface area contributed by atoms with E-state index in [1.165, 1.54) is 6.21 Å². The van der Waals surface area contributed by atoms with E-state index in [1.807, 2.05) is 19.1 Å². The van der Waals surface area contributed by atoms with Gasteiger partial charge in [0.1, 0.15) is 12.2 Å². The summed E-state index contributed by atoms with van der Waals surface area (Å²) in [4.78, 5) is 23.9. The van der Waals surface area contributed by atoms with Crippen molar-refractivity contribution in [2.45, 2.75) is 33.1 Å². The molecule has 0 saturated carbocycles. The van der Waals surface area contributed by atoms with Crippen LogP contribution >= 0.6 is 0 Å². The Morgan fingerprint density at radius 1 is 1.00 bits per heavy atom. The average Bonchev–Trinajstić information content (AvgIpc) is 2.76. The number of hydrogen-bond acceptors (Lipinski definition) is 6. The largest absolute Gasteiger partial charge is 0.497 e. The van der Waals surface area contributed by atoms with Gasteiger partial charge in [0.25, 0.3) is 0 Å². The molecule has 2 aromatic carbocycles. The minimum absolute atomic E-state index is 0.349. The standard InChI is InChI=1S/C23H29N3O5/c1-4-6-13-31-20-12-7-17(14-21(20)30-5-2)16-24-26-23(28)15-22(27)25-18-8-10-19(29-3)11-9-18/h7-12,14,16H,4-6,13,15H2,1-3H3,(H,25,27)(H,26,28). The lowest BCUT2D eigenvalue weighted by atomic mass is 10.2. The van der Waals surface area contributed by atoms with Gasteiger partial charge in [0.2, 0.25) is 11.8 Å². The van der Waals surface area contributed by atoms with Crippen molar-refractivity contribution in [3.8, 4) is 17.2 Å². The van der Waals surface area contributed by atoms with Gasteiger partial charge in [0.15, 0.2) is 11.5 Å². The highest BCUT2D eigenvalue weighted by Gasteiger charge is 2.09. The highest BCUT2D eigenvalue weighted by molar-refractivity contribution is 6.03. The predicted molar refractivity (Wildman–Crippen MR) is 120 cm³/mol. The third-order valence-electron chi connectivity index (χ3n) is 4.12. The number of carbonyl (C=O) groups excluding carboxylic acids is 2. The van der Waals surface area contributed by atoms with E-state index in [4.69, 9.17) is 14.2 Å². The Labute approximate surface area is 182 Å². The summed E-state index contributed by atoms with van der Waals surface area (Å²) in [6.45, 7) is 5.13. The van der Waals surface area contributed by atoms with Crippen LogP contribution in [0.1, 0.15) is 38.7 Å². The number of hydrogen-bond donors (Lipinski definition) is 2. The molecule has 8 nitrogen and oxygen atoms in total. The Kier molecular flexibility index (Phi) is 9.87. The first-order valence-corrected chi connectivity index (χ1v) is 10.2. The molecule has 2 N–H and O–H groups in total. The minimum Gasteiger partial charge on any atom is -0.497 e. The van der Waals surface area contributed by atoms with Crippen LogP contribution in [0.5, 0.6) is 17.2 Å². The lowest BCUT2D eigenvalue weighted by Gasteiger charge is -2.12. The summed E-state index contributed by atoms with van der Waals surface area (Å²) in [5.41, 5.74) is 3.66. The fraction of sp³-hybridized carbons (Fsp3) is 0.348. The van der Waals surface area contributed by atoms with Gasteiger partial charge >= 0.3 is 0 Å². The van der Waals surface area contributed by atoms with E-state index in [2.05, 4.69) is 22.8 Å². The summed E-state index contributed by atoms with van der Waals surface area (Å²) in [5.74, 6) is 1.01. The van der Waals surface area contributed by atoms with Gasteiger partial charge in [-0.1, -0.05) is 13.3 Å². The molecule has 2 amide bonds.